The molecule has 5 heteroatoms. The van der Waals surface area contributed by atoms with Crippen LogP contribution in [0.1, 0.15) is 35.0 Å². The van der Waals surface area contributed by atoms with Gasteiger partial charge in [-0.2, -0.15) is 0 Å². The number of ether oxygens (including phenoxy) is 1. The summed E-state index contributed by atoms with van der Waals surface area (Å²) in [6, 6.07) is 1.78. The summed E-state index contributed by atoms with van der Waals surface area (Å²) in [4.78, 5) is 26.3. The van der Waals surface area contributed by atoms with Crippen molar-refractivity contribution >= 4 is 5.78 Å². The third-order valence-corrected chi connectivity index (χ3v) is 3.77. The molecule has 20 heavy (non-hydrogen) atoms. The van der Waals surface area contributed by atoms with E-state index in [0.29, 0.717) is 18.7 Å². The second-order valence-electron chi connectivity index (χ2n) is 5.38. The minimum atomic E-state index is -0.161. The Morgan fingerprint density at radius 2 is 2.20 bits per heavy atom. The number of methoxy groups -OCH3 is 1. The van der Waals surface area contributed by atoms with Crippen molar-refractivity contribution in [1.29, 1.82) is 0 Å². The Balaban J connectivity index is 2.46. The molecule has 0 radical (unpaired) electrons. The Morgan fingerprint density at radius 3 is 2.85 bits per heavy atom. The fourth-order valence-electron chi connectivity index (χ4n) is 2.72. The Bertz CT molecular complexity index is 563. The summed E-state index contributed by atoms with van der Waals surface area (Å²) in [5, 5.41) is 0. The molecule has 2 heterocycles. The maximum absolute atomic E-state index is 12.4. The van der Waals surface area contributed by atoms with Gasteiger partial charge in [0.1, 0.15) is 0 Å². The van der Waals surface area contributed by atoms with Crippen molar-refractivity contribution in [3.63, 3.8) is 0 Å². The first-order valence-electron chi connectivity index (χ1n) is 6.98. The number of hydrogen-bond acceptors (Lipinski definition) is 4. The van der Waals surface area contributed by atoms with Crippen molar-refractivity contribution in [2.24, 2.45) is 0 Å². The number of ketones is 1. The SMILES string of the molecule is COCCCn1c2c(cc(C(C)=O)c1=O)CN(C)CC2. The number of likely N-dealkylation sites (N-methyl/N-ethyl adjacent to an activating group) is 1. The largest absolute Gasteiger partial charge is 0.385 e. The van der Waals surface area contributed by atoms with E-state index < -0.39 is 0 Å². The van der Waals surface area contributed by atoms with E-state index in [-0.39, 0.29) is 11.3 Å². The van der Waals surface area contributed by atoms with E-state index in [4.69, 9.17) is 4.74 Å². The van der Waals surface area contributed by atoms with Crippen LogP contribution in [-0.4, -0.2) is 42.6 Å². The maximum atomic E-state index is 12.4. The van der Waals surface area contributed by atoms with Crippen molar-refractivity contribution in [2.45, 2.75) is 32.9 Å². The molecule has 1 aromatic rings. The lowest BCUT2D eigenvalue weighted by atomic mass is 10.0. The molecule has 0 atom stereocenters. The molecule has 0 saturated carbocycles. The lowest BCUT2D eigenvalue weighted by Crippen LogP contribution is -2.36. The molecule has 0 aliphatic carbocycles. The highest BCUT2D eigenvalue weighted by Crippen LogP contribution is 2.18. The van der Waals surface area contributed by atoms with Crippen LogP contribution in [0.5, 0.6) is 0 Å². The van der Waals surface area contributed by atoms with Gasteiger partial charge in [-0.3, -0.25) is 9.59 Å². The van der Waals surface area contributed by atoms with Gasteiger partial charge in [0.05, 0.1) is 5.56 Å². The average molecular weight is 278 g/mol. The number of Topliss-reactive ketones (excluding diaryl/α,β-unsaturated/α-hetero) is 1. The molecule has 110 valence electrons. The standard InChI is InChI=1S/C15H22N2O3/c1-11(18)13-9-12-10-16(2)7-5-14(12)17(15(13)19)6-4-8-20-3/h9H,4-8,10H2,1-3H3. The van der Waals surface area contributed by atoms with E-state index in [1.807, 2.05) is 0 Å². The molecule has 0 fully saturated rings. The summed E-state index contributed by atoms with van der Waals surface area (Å²) >= 11 is 0. The maximum Gasteiger partial charge on any atom is 0.261 e. The van der Waals surface area contributed by atoms with Crippen LogP contribution in [-0.2, 0) is 24.2 Å². The van der Waals surface area contributed by atoms with E-state index in [1.165, 1.54) is 6.92 Å². The van der Waals surface area contributed by atoms with Gasteiger partial charge in [0, 0.05) is 45.5 Å². The molecule has 0 N–H and O–H groups in total. The number of pyridine rings is 1. The molecule has 0 unspecified atom stereocenters. The summed E-state index contributed by atoms with van der Waals surface area (Å²) in [5.74, 6) is -0.161. The Labute approximate surface area is 119 Å². The summed E-state index contributed by atoms with van der Waals surface area (Å²) < 4.78 is 6.83. The number of carbonyl (C=O) groups excluding carboxylic acids is 1. The molecule has 1 aliphatic heterocycles. The number of rotatable bonds is 5. The zero-order valence-corrected chi connectivity index (χ0v) is 12.4. The lowest BCUT2D eigenvalue weighted by Gasteiger charge is -2.28. The summed E-state index contributed by atoms with van der Waals surface area (Å²) in [5.41, 5.74) is 2.32. The Hall–Kier alpha value is -1.46. The van der Waals surface area contributed by atoms with Crippen molar-refractivity contribution in [1.82, 2.24) is 9.47 Å². The number of fused-ring (bicyclic) bond motifs is 1. The Morgan fingerprint density at radius 1 is 1.45 bits per heavy atom. The molecule has 1 aromatic heterocycles. The van der Waals surface area contributed by atoms with Crippen molar-refractivity contribution in [3.05, 3.63) is 33.2 Å². The number of carbonyl (C=O) groups is 1. The van der Waals surface area contributed by atoms with Crippen molar-refractivity contribution in [3.8, 4) is 0 Å². The minimum Gasteiger partial charge on any atom is -0.385 e. The summed E-state index contributed by atoms with van der Waals surface area (Å²) in [6.07, 6.45) is 1.63. The third-order valence-electron chi connectivity index (χ3n) is 3.77. The molecule has 2 rings (SSSR count). The van der Waals surface area contributed by atoms with E-state index in [9.17, 15) is 9.59 Å². The molecular formula is C15H22N2O3. The van der Waals surface area contributed by atoms with Gasteiger partial charge < -0.3 is 14.2 Å². The highest BCUT2D eigenvalue weighted by molar-refractivity contribution is 5.93. The van der Waals surface area contributed by atoms with Gasteiger partial charge in [0.2, 0.25) is 0 Å². The van der Waals surface area contributed by atoms with E-state index >= 15 is 0 Å². The van der Waals surface area contributed by atoms with Crippen LogP contribution in [0.15, 0.2) is 10.9 Å². The van der Waals surface area contributed by atoms with Crippen LogP contribution in [0.2, 0.25) is 0 Å². The molecule has 1 aliphatic rings. The van der Waals surface area contributed by atoms with E-state index in [1.54, 1.807) is 17.7 Å². The van der Waals surface area contributed by atoms with Gasteiger partial charge in [-0.15, -0.1) is 0 Å². The fourth-order valence-corrected chi connectivity index (χ4v) is 2.72. The van der Waals surface area contributed by atoms with Crippen molar-refractivity contribution in [2.75, 3.05) is 27.3 Å². The number of hydrogen-bond donors (Lipinski definition) is 0. The highest BCUT2D eigenvalue weighted by atomic mass is 16.5. The van der Waals surface area contributed by atoms with Crippen LogP contribution in [0.25, 0.3) is 0 Å². The van der Waals surface area contributed by atoms with Crippen LogP contribution in [0.4, 0.5) is 0 Å². The molecule has 0 amide bonds. The normalized spacial score (nSPS) is 15.2. The topological polar surface area (TPSA) is 51.5 Å². The predicted molar refractivity (Wildman–Crippen MR) is 77.2 cm³/mol. The second kappa shape index (κ2) is 6.33. The first-order chi connectivity index (χ1) is 9.54. The van der Waals surface area contributed by atoms with Gasteiger partial charge in [-0.1, -0.05) is 0 Å². The molecular weight excluding hydrogens is 256 g/mol. The van der Waals surface area contributed by atoms with Gasteiger partial charge in [-0.05, 0) is 32.0 Å². The molecule has 0 spiro atoms. The van der Waals surface area contributed by atoms with Gasteiger partial charge in [0.25, 0.3) is 5.56 Å². The number of aromatic nitrogens is 1. The predicted octanol–water partition coefficient (Wildman–Crippen LogP) is 1.08. The first-order valence-corrected chi connectivity index (χ1v) is 6.98. The monoisotopic (exact) mass is 278 g/mol. The third kappa shape index (κ3) is 2.99. The van der Waals surface area contributed by atoms with Gasteiger partial charge in [0.15, 0.2) is 5.78 Å². The van der Waals surface area contributed by atoms with Crippen molar-refractivity contribution < 1.29 is 9.53 Å². The van der Waals surface area contributed by atoms with Crippen LogP contribution in [0, 0.1) is 0 Å². The Kier molecular flexibility index (Phi) is 4.73. The average Bonchev–Trinajstić information content (AvgIpc) is 2.40. The summed E-state index contributed by atoms with van der Waals surface area (Å²) in [6.45, 7) is 4.41. The zero-order valence-electron chi connectivity index (χ0n) is 12.4. The lowest BCUT2D eigenvalue weighted by molar-refractivity contribution is 0.101. The van der Waals surface area contributed by atoms with E-state index in [0.717, 1.165) is 37.2 Å². The van der Waals surface area contributed by atoms with Crippen LogP contribution < -0.4 is 5.56 Å². The molecule has 5 nitrogen and oxygen atoms in total. The molecule has 0 saturated heterocycles. The summed E-state index contributed by atoms with van der Waals surface area (Å²) in [7, 11) is 3.70. The smallest absolute Gasteiger partial charge is 0.261 e. The minimum absolute atomic E-state index is 0.156. The highest BCUT2D eigenvalue weighted by Gasteiger charge is 2.21. The van der Waals surface area contributed by atoms with E-state index in [2.05, 4.69) is 11.9 Å². The second-order valence-corrected chi connectivity index (χ2v) is 5.38. The fraction of sp³-hybridized carbons (Fsp3) is 0.600. The van der Waals surface area contributed by atoms with Crippen LogP contribution >= 0.6 is 0 Å². The van der Waals surface area contributed by atoms with Gasteiger partial charge in [-0.25, -0.2) is 0 Å². The first kappa shape index (κ1) is 14.9. The zero-order chi connectivity index (χ0) is 14.7. The molecule has 0 aromatic carbocycles. The van der Waals surface area contributed by atoms with Crippen LogP contribution in [0.3, 0.4) is 0 Å². The van der Waals surface area contributed by atoms with Gasteiger partial charge >= 0.3 is 0 Å². The number of nitrogens with zero attached hydrogens (tertiary/aromatic N) is 2. The quantitative estimate of drug-likeness (QED) is 0.597. The molecule has 0 bridgehead atoms.